The molecule has 2 aromatic rings. The fraction of sp³-hybridized carbons (Fsp3) is 0. The van der Waals surface area contributed by atoms with Crippen LogP contribution >= 0.6 is 0 Å². The number of hydrogen-bond donors (Lipinski definition) is 2. The Hall–Kier alpha value is -2.03. The summed E-state index contributed by atoms with van der Waals surface area (Å²) in [5.74, 6) is -0.274. The van der Waals surface area contributed by atoms with Gasteiger partial charge in [-0.25, -0.2) is 4.39 Å². The smallest absolute Gasteiger partial charge is 0.123 e. The molecular weight excluding hydrogens is 191 g/mol. The third-order valence-corrected chi connectivity index (χ3v) is 2.21. The molecule has 0 aliphatic carbocycles. The Bertz CT molecular complexity index is 495. The molecule has 2 aromatic carbocycles. The SMILES string of the molecule is Nc1ccc(-c2cccc(F)c2)c(N)c1. The topological polar surface area (TPSA) is 52.0 Å². The molecule has 0 fully saturated rings. The minimum absolute atomic E-state index is 0.274. The van der Waals surface area contributed by atoms with Gasteiger partial charge < -0.3 is 11.5 Å². The first-order valence-corrected chi connectivity index (χ1v) is 4.58. The van der Waals surface area contributed by atoms with Gasteiger partial charge in [0.15, 0.2) is 0 Å². The first-order chi connectivity index (χ1) is 7.16. The Morgan fingerprint density at radius 1 is 0.933 bits per heavy atom. The van der Waals surface area contributed by atoms with Crippen LogP contribution in [0, 0.1) is 5.82 Å². The lowest BCUT2D eigenvalue weighted by molar-refractivity contribution is 0.628. The van der Waals surface area contributed by atoms with Crippen molar-refractivity contribution in [1.29, 1.82) is 0 Å². The maximum atomic E-state index is 13.0. The van der Waals surface area contributed by atoms with Crippen LogP contribution in [-0.2, 0) is 0 Å². The Balaban J connectivity index is 2.54. The lowest BCUT2D eigenvalue weighted by Crippen LogP contribution is -1.93. The molecule has 0 radical (unpaired) electrons. The highest BCUT2D eigenvalue weighted by atomic mass is 19.1. The van der Waals surface area contributed by atoms with Crippen molar-refractivity contribution in [3.05, 3.63) is 48.3 Å². The molecule has 15 heavy (non-hydrogen) atoms. The summed E-state index contributed by atoms with van der Waals surface area (Å²) in [6, 6.07) is 11.5. The molecule has 2 nitrogen and oxygen atoms in total. The second-order valence-electron chi connectivity index (χ2n) is 3.36. The minimum atomic E-state index is -0.274. The van der Waals surface area contributed by atoms with Crippen molar-refractivity contribution < 1.29 is 4.39 Å². The Kier molecular flexibility index (Phi) is 2.29. The molecule has 76 valence electrons. The number of anilines is 2. The van der Waals surface area contributed by atoms with Crippen molar-refractivity contribution in [3.63, 3.8) is 0 Å². The zero-order valence-electron chi connectivity index (χ0n) is 8.07. The van der Waals surface area contributed by atoms with Crippen LogP contribution in [0.15, 0.2) is 42.5 Å². The van der Waals surface area contributed by atoms with Crippen LogP contribution in [0.2, 0.25) is 0 Å². The van der Waals surface area contributed by atoms with E-state index in [1.165, 1.54) is 12.1 Å². The predicted molar refractivity (Wildman–Crippen MR) is 60.7 cm³/mol. The first kappa shape index (κ1) is 9.52. The zero-order valence-corrected chi connectivity index (χ0v) is 8.07. The van der Waals surface area contributed by atoms with Gasteiger partial charge in [0.25, 0.3) is 0 Å². The molecule has 0 unspecified atom stereocenters. The van der Waals surface area contributed by atoms with Crippen LogP contribution in [0.1, 0.15) is 0 Å². The van der Waals surface area contributed by atoms with Crippen LogP contribution in [0.5, 0.6) is 0 Å². The van der Waals surface area contributed by atoms with Gasteiger partial charge in [-0.1, -0.05) is 18.2 Å². The van der Waals surface area contributed by atoms with E-state index < -0.39 is 0 Å². The summed E-state index contributed by atoms with van der Waals surface area (Å²) in [6.07, 6.45) is 0. The van der Waals surface area contributed by atoms with E-state index in [-0.39, 0.29) is 5.82 Å². The van der Waals surface area contributed by atoms with Gasteiger partial charge in [0.2, 0.25) is 0 Å². The molecule has 0 bridgehead atoms. The highest BCUT2D eigenvalue weighted by molar-refractivity contribution is 5.78. The Morgan fingerprint density at radius 3 is 2.40 bits per heavy atom. The normalized spacial score (nSPS) is 10.2. The molecule has 0 amide bonds. The van der Waals surface area contributed by atoms with Gasteiger partial charge in [-0.3, -0.25) is 0 Å². The Morgan fingerprint density at radius 2 is 1.73 bits per heavy atom. The summed E-state index contributed by atoms with van der Waals surface area (Å²) in [5.41, 5.74) is 14.1. The zero-order chi connectivity index (χ0) is 10.8. The van der Waals surface area contributed by atoms with E-state index in [0.717, 1.165) is 11.1 Å². The molecule has 0 aliphatic rings. The van der Waals surface area contributed by atoms with Gasteiger partial charge in [-0.05, 0) is 29.8 Å². The molecule has 0 aliphatic heterocycles. The fourth-order valence-corrected chi connectivity index (χ4v) is 1.50. The van der Waals surface area contributed by atoms with Gasteiger partial charge in [0.1, 0.15) is 5.82 Å². The van der Waals surface area contributed by atoms with Gasteiger partial charge in [0, 0.05) is 16.9 Å². The van der Waals surface area contributed by atoms with Crippen LogP contribution in [0.3, 0.4) is 0 Å². The molecule has 2 rings (SSSR count). The van der Waals surface area contributed by atoms with Crippen LogP contribution in [0.4, 0.5) is 15.8 Å². The van der Waals surface area contributed by atoms with E-state index in [2.05, 4.69) is 0 Å². The molecule has 0 aromatic heterocycles. The summed E-state index contributed by atoms with van der Waals surface area (Å²) < 4.78 is 13.0. The summed E-state index contributed by atoms with van der Waals surface area (Å²) in [4.78, 5) is 0. The second-order valence-corrected chi connectivity index (χ2v) is 3.36. The number of rotatable bonds is 1. The molecule has 0 heterocycles. The molecule has 3 heteroatoms. The molecule has 0 saturated carbocycles. The third kappa shape index (κ3) is 1.91. The second kappa shape index (κ2) is 3.61. The van der Waals surface area contributed by atoms with Gasteiger partial charge in [0.05, 0.1) is 0 Å². The lowest BCUT2D eigenvalue weighted by Gasteiger charge is -2.06. The summed E-state index contributed by atoms with van der Waals surface area (Å²) in [6.45, 7) is 0. The maximum absolute atomic E-state index is 13.0. The highest BCUT2D eigenvalue weighted by Gasteiger charge is 2.03. The predicted octanol–water partition coefficient (Wildman–Crippen LogP) is 2.66. The quantitative estimate of drug-likeness (QED) is 0.698. The monoisotopic (exact) mass is 202 g/mol. The van der Waals surface area contributed by atoms with Gasteiger partial charge in [-0.2, -0.15) is 0 Å². The largest absolute Gasteiger partial charge is 0.399 e. The number of nitrogen functional groups attached to an aromatic ring is 2. The fourth-order valence-electron chi connectivity index (χ4n) is 1.50. The van der Waals surface area contributed by atoms with Crippen LogP contribution < -0.4 is 11.5 Å². The van der Waals surface area contributed by atoms with Crippen LogP contribution in [-0.4, -0.2) is 0 Å². The molecule has 0 atom stereocenters. The van der Waals surface area contributed by atoms with Crippen molar-refractivity contribution >= 4 is 11.4 Å². The van der Waals surface area contributed by atoms with Crippen LogP contribution in [0.25, 0.3) is 11.1 Å². The summed E-state index contributed by atoms with van der Waals surface area (Å²) >= 11 is 0. The first-order valence-electron chi connectivity index (χ1n) is 4.58. The van der Waals surface area contributed by atoms with Crippen molar-refractivity contribution in [2.75, 3.05) is 11.5 Å². The number of benzene rings is 2. The van der Waals surface area contributed by atoms with Crippen molar-refractivity contribution in [1.82, 2.24) is 0 Å². The van der Waals surface area contributed by atoms with Gasteiger partial charge >= 0.3 is 0 Å². The highest BCUT2D eigenvalue weighted by Crippen LogP contribution is 2.27. The van der Waals surface area contributed by atoms with Crippen molar-refractivity contribution in [2.45, 2.75) is 0 Å². The molecular formula is C12H11FN2. The Labute approximate surface area is 87.3 Å². The number of nitrogens with two attached hydrogens (primary N) is 2. The lowest BCUT2D eigenvalue weighted by atomic mass is 10.0. The van der Waals surface area contributed by atoms with Gasteiger partial charge in [-0.15, -0.1) is 0 Å². The standard InChI is InChI=1S/C12H11FN2/c13-9-3-1-2-8(6-9)11-5-4-10(14)7-12(11)15/h1-7H,14-15H2. The van der Waals surface area contributed by atoms with E-state index in [0.29, 0.717) is 11.4 Å². The summed E-state index contributed by atoms with van der Waals surface area (Å²) in [5, 5.41) is 0. The van der Waals surface area contributed by atoms with E-state index in [1.54, 1.807) is 24.3 Å². The van der Waals surface area contributed by atoms with Crippen molar-refractivity contribution in [3.8, 4) is 11.1 Å². The van der Waals surface area contributed by atoms with E-state index in [4.69, 9.17) is 11.5 Å². The maximum Gasteiger partial charge on any atom is 0.123 e. The molecule has 0 spiro atoms. The van der Waals surface area contributed by atoms with E-state index in [1.807, 2.05) is 6.07 Å². The molecule has 0 saturated heterocycles. The average Bonchev–Trinajstić information content (AvgIpc) is 2.17. The van der Waals surface area contributed by atoms with E-state index in [9.17, 15) is 4.39 Å². The number of hydrogen-bond acceptors (Lipinski definition) is 2. The van der Waals surface area contributed by atoms with Crippen molar-refractivity contribution in [2.24, 2.45) is 0 Å². The van der Waals surface area contributed by atoms with E-state index >= 15 is 0 Å². The average molecular weight is 202 g/mol. The third-order valence-electron chi connectivity index (χ3n) is 2.21. The summed E-state index contributed by atoms with van der Waals surface area (Å²) in [7, 11) is 0. The molecule has 4 N–H and O–H groups in total. The number of halogens is 1. The minimum Gasteiger partial charge on any atom is -0.399 e.